The Balaban J connectivity index is 2.47. The highest BCUT2D eigenvalue weighted by molar-refractivity contribution is 5.53. The van der Waals surface area contributed by atoms with E-state index in [0.717, 1.165) is 30.4 Å². The van der Waals surface area contributed by atoms with Crippen LogP contribution in [0.4, 0.5) is 10.1 Å². The van der Waals surface area contributed by atoms with Gasteiger partial charge in [0.2, 0.25) is 0 Å². The molecule has 70 valence electrons. The molecule has 2 rings (SSSR count). The Morgan fingerprint density at radius 1 is 1.38 bits per heavy atom. The largest absolute Gasteiger partial charge is 0.396 e. The predicted octanol–water partition coefficient (Wildman–Crippen LogP) is 1.22. The van der Waals surface area contributed by atoms with Gasteiger partial charge in [-0.2, -0.15) is 0 Å². The van der Waals surface area contributed by atoms with Gasteiger partial charge in [0.15, 0.2) is 0 Å². The fraction of sp³-hybridized carbons (Fsp3) is 0.400. The van der Waals surface area contributed by atoms with Gasteiger partial charge in [0.1, 0.15) is 5.82 Å². The quantitative estimate of drug-likeness (QED) is 0.590. The van der Waals surface area contributed by atoms with Crippen molar-refractivity contribution in [1.29, 1.82) is 0 Å². The molecule has 0 radical (unpaired) electrons. The number of nitrogen functional groups attached to an aromatic ring is 1. The zero-order chi connectivity index (χ0) is 9.42. The molecule has 3 heteroatoms. The molecule has 0 amide bonds. The molecule has 0 spiro atoms. The van der Waals surface area contributed by atoms with E-state index >= 15 is 0 Å². The zero-order valence-electron chi connectivity index (χ0n) is 7.39. The summed E-state index contributed by atoms with van der Waals surface area (Å²) in [6, 6.07) is 3.42. The third-order valence-electron chi connectivity index (χ3n) is 2.65. The Hall–Kier alpha value is -1.09. The summed E-state index contributed by atoms with van der Waals surface area (Å²) in [4.78, 5) is 0. The Labute approximate surface area is 76.7 Å². The molecule has 13 heavy (non-hydrogen) atoms. The Bertz CT molecular complexity index is 336. The van der Waals surface area contributed by atoms with E-state index < -0.39 is 0 Å². The van der Waals surface area contributed by atoms with E-state index in [1.54, 1.807) is 6.07 Å². The molecule has 0 saturated carbocycles. The van der Waals surface area contributed by atoms with Crippen LogP contribution in [0.15, 0.2) is 12.1 Å². The second kappa shape index (κ2) is 3.00. The number of halogens is 1. The van der Waals surface area contributed by atoms with E-state index in [0.29, 0.717) is 5.69 Å². The fourth-order valence-electron chi connectivity index (χ4n) is 1.88. The van der Waals surface area contributed by atoms with Gasteiger partial charge in [0, 0.05) is 6.04 Å². The van der Waals surface area contributed by atoms with Gasteiger partial charge in [-0.1, -0.05) is 6.07 Å². The topological polar surface area (TPSA) is 52.0 Å². The number of benzene rings is 1. The minimum atomic E-state index is -0.311. The second-order valence-electron chi connectivity index (χ2n) is 3.60. The van der Waals surface area contributed by atoms with Crippen LogP contribution in [0.1, 0.15) is 17.5 Å². The summed E-state index contributed by atoms with van der Waals surface area (Å²) >= 11 is 0. The molecule has 0 saturated heterocycles. The molecule has 0 heterocycles. The average Bonchev–Trinajstić information content (AvgIpc) is 2.12. The van der Waals surface area contributed by atoms with Crippen molar-refractivity contribution in [3.63, 3.8) is 0 Å². The minimum Gasteiger partial charge on any atom is -0.396 e. The molecule has 1 atom stereocenters. The summed E-state index contributed by atoms with van der Waals surface area (Å²) in [5.41, 5.74) is 13.8. The molecular weight excluding hydrogens is 167 g/mol. The summed E-state index contributed by atoms with van der Waals surface area (Å²) in [6.07, 6.45) is 2.53. The first-order valence-corrected chi connectivity index (χ1v) is 4.50. The SMILES string of the molecule is Nc1c(F)ccc2c1CC[C@@H](N)C2. The second-order valence-corrected chi connectivity index (χ2v) is 3.60. The lowest BCUT2D eigenvalue weighted by Crippen LogP contribution is -2.28. The van der Waals surface area contributed by atoms with Crippen LogP contribution in [-0.2, 0) is 12.8 Å². The van der Waals surface area contributed by atoms with E-state index in [4.69, 9.17) is 11.5 Å². The van der Waals surface area contributed by atoms with Gasteiger partial charge in [-0.05, 0) is 36.5 Å². The van der Waals surface area contributed by atoms with E-state index in [-0.39, 0.29) is 11.9 Å². The first kappa shape index (κ1) is 8.51. The Kier molecular flexibility index (Phi) is 1.96. The van der Waals surface area contributed by atoms with Gasteiger partial charge in [0.05, 0.1) is 5.69 Å². The highest BCUT2D eigenvalue weighted by Gasteiger charge is 2.18. The van der Waals surface area contributed by atoms with E-state index in [2.05, 4.69) is 0 Å². The van der Waals surface area contributed by atoms with Crippen molar-refractivity contribution in [2.45, 2.75) is 25.3 Å². The summed E-state index contributed by atoms with van der Waals surface area (Å²) in [5.74, 6) is -0.311. The molecule has 1 aromatic carbocycles. The van der Waals surface area contributed by atoms with Crippen molar-refractivity contribution in [3.8, 4) is 0 Å². The van der Waals surface area contributed by atoms with Crippen LogP contribution >= 0.6 is 0 Å². The number of hydrogen-bond donors (Lipinski definition) is 2. The smallest absolute Gasteiger partial charge is 0.146 e. The van der Waals surface area contributed by atoms with Crippen molar-refractivity contribution >= 4 is 5.69 Å². The molecule has 0 aliphatic heterocycles. The lowest BCUT2D eigenvalue weighted by atomic mass is 9.87. The van der Waals surface area contributed by atoms with Gasteiger partial charge >= 0.3 is 0 Å². The number of anilines is 1. The van der Waals surface area contributed by atoms with Gasteiger partial charge in [-0.3, -0.25) is 0 Å². The van der Waals surface area contributed by atoms with Crippen molar-refractivity contribution in [2.75, 3.05) is 5.73 Å². The highest BCUT2D eigenvalue weighted by atomic mass is 19.1. The Morgan fingerprint density at radius 2 is 2.15 bits per heavy atom. The molecule has 1 aliphatic carbocycles. The lowest BCUT2D eigenvalue weighted by molar-refractivity contribution is 0.569. The number of nitrogens with two attached hydrogens (primary N) is 2. The maximum atomic E-state index is 13.0. The standard InChI is InChI=1S/C10H13FN2/c11-9-4-1-6-5-7(12)2-3-8(6)10(9)13/h1,4,7H,2-3,5,12-13H2/t7-/m1/s1. The van der Waals surface area contributed by atoms with Gasteiger partial charge in [-0.15, -0.1) is 0 Å². The van der Waals surface area contributed by atoms with Crippen LogP contribution in [0.2, 0.25) is 0 Å². The molecule has 0 unspecified atom stereocenters. The number of hydrogen-bond acceptors (Lipinski definition) is 2. The molecule has 0 bridgehead atoms. The maximum absolute atomic E-state index is 13.0. The van der Waals surface area contributed by atoms with E-state index in [1.807, 2.05) is 0 Å². The van der Waals surface area contributed by atoms with E-state index in [1.165, 1.54) is 6.07 Å². The lowest BCUT2D eigenvalue weighted by Gasteiger charge is -2.22. The molecular formula is C10H13FN2. The normalized spacial score (nSPS) is 21.2. The van der Waals surface area contributed by atoms with Gasteiger partial charge in [0.25, 0.3) is 0 Å². The molecule has 0 aromatic heterocycles. The van der Waals surface area contributed by atoms with Crippen molar-refractivity contribution in [2.24, 2.45) is 5.73 Å². The fourth-order valence-corrected chi connectivity index (χ4v) is 1.88. The highest BCUT2D eigenvalue weighted by Crippen LogP contribution is 2.27. The third kappa shape index (κ3) is 1.40. The average molecular weight is 180 g/mol. The molecule has 1 aromatic rings. The predicted molar refractivity (Wildman–Crippen MR) is 50.8 cm³/mol. The number of fused-ring (bicyclic) bond motifs is 1. The first-order valence-electron chi connectivity index (χ1n) is 4.50. The van der Waals surface area contributed by atoms with Crippen molar-refractivity contribution < 1.29 is 4.39 Å². The summed E-state index contributed by atoms with van der Waals surface area (Å²) in [5, 5.41) is 0. The molecule has 1 aliphatic rings. The summed E-state index contributed by atoms with van der Waals surface area (Å²) in [7, 11) is 0. The number of rotatable bonds is 0. The molecule has 4 N–H and O–H groups in total. The van der Waals surface area contributed by atoms with Crippen molar-refractivity contribution in [1.82, 2.24) is 0 Å². The van der Waals surface area contributed by atoms with Crippen LogP contribution in [-0.4, -0.2) is 6.04 Å². The van der Waals surface area contributed by atoms with Gasteiger partial charge in [-0.25, -0.2) is 4.39 Å². The minimum absolute atomic E-state index is 0.206. The van der Waals surface area contributed by atoms with Gasteiger partial charge < -0.3 is 11.5 Å². The monoisotopic (exact) mass is 180 g/mol. The zero-order valence-corrected chi connectivity index (χ0v) is 7.39. The van der Waals surface area contributed by atoms with Crippen LogP contribution in [0, 0.1) is 5.82 Å². The molecule has 0 fully saturated rings. The maximum Gasteiger partial charge on any atom is 0.146 e. The summed E-state index contributed by atoms with van der Waals surface area (Å²) in [6.45, 7) is 0. The first-order chi connectivity index (χ1) is 6.18. The van der Waals surface area contributed by atoms with E-state index in [9.17, 15) is 4.39 Å². The van der Waals surface area contributed by atoms with Crippen LogP contribution in [0.3, 0.4) is 0 Å². The molecule has 2 nitrogen and oxygen atoms in total. The van der Waals surface area contributed by atoms with Crippen molar-refractivity contribution in [3.05, 3.63) is 29.1 Å². The Morgan fingerprint density at radius 3 is 2.92 bits per heavy atom. The van der Waals surface area contributed by atoms with Crippen LogP contribution < -0.4 is 11.5 Å². The van der Waals surface area contributed by atoms with Crippen LogP contribution in [0.25, 0.3) is 0 Å². The van der Waals surface area contributed by atoms with Crippen LogP contribution in [0.5, 0.6) is 0 Å². The third-order valence-corrected chi connectivity index (χ3v) is 2.65. The summed E-state index contributed by atoms with van der Waals surface area (Å²) < 4.78 is 13.0.